The number of carbonyl (C=O) groups is 2. The zero-order chi connectivity index (χ0) is 17.3. The van der Waals surface area contributed by atoms with Crippen LogP contribution in [0.1, 0.15) is 0 Å². The van der Waals surface area contributed by atoms with Gasteiger partial charge in [0.1, 0.15) is 12.2 Å². The van der Waals surface area contributed by atoms with Crippen molar-refractivity contribution in [2.45, 2.75) is 12.2 Å². The van der Waals surface area contributed by atoms with Gasteiger partial charge < -0.3 is 44.5 Å². The van der Waals surface area contributed by atoms with Crippen LogP contribution in [0, 0.1) is 0 Å². The number of aliphatic carboxylic acids is 2. The van der Waals surface area contributed by atoms with Crippen molar-refractivity contribution in [1.29, 1.82) is 0 Å². The Kier molecular flexibility index (Phi) is 15.2. The lowest BCUT2D eigenvalue weighted by Gasteiger charge is -2.18. The molecule has 0 bridgehead atoms. The first-order chi connectivity index (χ1) is 8.46. The Morgan fingerprint density at radius 1 is 0.714 bits per heavy atom. The third-order valence-electron chi connectivity index (χ3n) is 0.782. The van der Waals surface area contributed by atoms with E-state index in [9.17, 15) is 19.8 Å². The van der Waals surface area contributed by atoms with Crippen LogP contribution >= 0.6 is 0 Å². The van der Waals surface area contributed by atoms with Crippen molar-refractivity contribution in [3.8, 4) is 0 Å². The van der Waals surface area contributed by atoms with E-state index < -0.39 is 24.1 Å². The fraction of sp³-hybridized carbons (Fsp3) is 0.833. The monoisotopic (exact) mass is 314 g/mol. The molecule has 0 aromatic heterocycles. The molecular formula is C12H30N2O7. The van der Waals surface area contributed by atoms with Gasteiger partial charge >= 0.3 is 0 Å². The Morgan fingerprint density at radius 3 is 0.857 bits per heavy atom. The summed E-state index contributed by atoms with van der Waals surface area (Å²) in [6, 6.07) is 0. The van der Waals surface area contributed by atoms with E-state index in [-0.39, 0.29) is 5.48 Å². The van der Waals surface area contributed by atoms with E-state index in [1.807, 2.05) is 0 Å². The molecule has 0 heterocycles. The van der Waals surface area contributed by atoms with E-state index >= 15 is 0 Å². The minimum Gasteiger partial charge on any atom is -0.547 e. The van der Waals surface area contributed by atoms with E-state index in [0.717, 1.165) is 8.97 Å². The van der Waals surface area contributed by atoms with Gasteiger partial charge in [-0.15, -0.1) is 0 Å². The largest absolute Gasteiger partial charge is 0.547 e. The first-order valence-electron chi connectivity index (χ1n) is 5.82. The summed E-state index contributed by atoms with van der Waals surface area (Å²) in [5, 5.41) is 35.7. The molecule has 0 saturated heterocycles. The second-order valence-electron chi connectivity index (χ2n) is 6.89. The maximum absolute atomic E-state index is 9.63. The predicted octanol–water partition coefficient (Wildman–Crippen LogP) is -4.97. The second-order valence-corrected chi connectivity index (χ2v) is 6.89. The van der Waals surface area contributed by atoms with Gasteiger partial charge in [-0.05, 0) is 0 Å². The minimum absolute atomic E-state index is 0. The lowest BCUT2D eigenvalue weighted by molar-refractivity contribution is -0.849. The van der Waals surface area contributed by atoms with Gasteiger partial charge in [0.05, 0.1) is 68.3 Å². The molecule has 0 aliphatic carbocycles. The highest BCUT2D eigenvalue weighted by atomic mass is 16.4. The fourth-order valence-electron chi connectivity index (χ4n) is 0.258. The molecule has 130 valence electrons. The SMILES string of the molecule is C[N+](C)(C)C.C[N+](C)(C)C.O.O=C([O-])C(O)C(O)C(=O)[O-]. The van der Waals surface area contributed by atoms with Gasteiger partial charge in [-0.2, -0.15) is 0 Å². The first-order valence-corrected chi connectivity index (χ1v) is 5.82. The van der Waals surface area contributed by atoms with Crippen LogP contribution in [0.3, 0.4) is 0 Å². The van der Waals surface area contributed by atoms with Crippen LogP contribution in [0.15, 0.2) is 0 Å². The quantitative estimate of drug-likeness (QED) is 0.498. The normalized spacial score (nSPS) is 13.2. The van der Waals surface area contributed by atoms with Crippen molar-refractivity contribution >= 4 is 11.9 Å². The standard InChI is InChI=1S/2C4H12N.C4H6O6.H2O/c2*1-5(2,3)4;5-1(3(7)8)2(6)4(9)10;/h2*1-4H3;1-2,5-6H,(H,7,8)(H,9,10);1H2/q2*+1;;/p-2. The van der Waals surface area contributed by atoms with Gasteiger partial charge in [0, 0.05) is 0 Å². The summed E-state index contributed by atoms with van der Waals surface area (Å²) in [6.45, 7) is 0. The predicted molar refractivity (Wildman–Crippen MR) is 73.6 cm³/mol. The van der Waals surface area contributed by atoms with Crippen molar-refractivity contribution in [2.24, 2.45) is 0 Å². The smallest absolute Gasteiger partial charge is 0.124 e. The van der Waals surface area contributed by atoms with Gasteiger partial charge in [-0.1, -0.05) is 0 Å². The molecule has 0 spiro atoms. The highest BCUT2D eigenvalue weighted by Crippen LogP contribution is 1.89. The number of hydrogen-bond donors (Lipinski definition) is 2. The molecular weight excluding hydrogens is 284 g/mol. The number of nitrogens with zero attached hydrogens (tertiary/aromatic N) is 2. The summed E-state index contributed by atoms with van der Waals surface area (Å²) < 4.78 is 2.00. The zero-order valence-corrected chi connectivity index (χ0v) is 14.1. The Hall–Kier alpha value is -1.26. The summed E-state index contributed by atoms with van der Waals surface area (Å²) in [5.74, 6) is -4.12. The molecule has 0 radical (unpaired) electrons. The molecule has 9 heteroatoms. The molecule has 2 unspecified atom stereocenters. The van der Waals surface area contributed by atoms with Gasteiger partial charge in [0.2, 0.25) is 0 Å². The Labute approximate surface area is 126 Å². The maximum Gasteiger partial charge on any atom is 0.124 e. The summed E-state index contributed by atoms with van der Waals surface area (Å²) >= 11 is 0. The number of carbonyl (C=O) groups excluding carboxylic acids is 2. The van der Waals surface area contributed by atoms with Gasteiger partial charge in [-0.25, -0.2) is 0 Å². The Bertz CT molecular complexity index is 253. The van der Waals surface area contributed by atoms with Crippen LogP contribution in [0.2, 0.25) is 0 Å². The van der Waals surface area contributed by atoms with Gasteiger partial charge in [0.25, 0.3) is 0 Å². The average Bonchev–Trinajstić information content (AvgIpc) is 2.09. The van der Waals surface area contributed by atoms with Crippen LogP contribution in [0.4, 0.5) is 0 Å². The van der Waals surface area contributed by atoms with Crippen molar-refractivity contribution in [2.75, 3.05) is 56.4 Å². The highest BCUT2D eigenvalue weighted by Gasteiger charge is 2.17. The van der Waals surface area contributed by atoms with Crippen molar-refractivity contribution < 1.29 is 44.5 Å². The second kappa shape index (κ2) is 11.4. The lowest BCUT2D eigenvalue weighted by Crippen LogP contribution is -2.51. The lowest BCUT2D eigenvalue weighted by atomic mass is 10.2. The Morgan fingerprint density at radius 2 is 0.810 bits per heavy atom. The number of hydrogen-bond acceptors (Lipinski definition) is 6. The number of carboxylic acid groups (broad SMARTS) is 2. The number of aliphatic hydroxyl groups is 2. The number of aliphatic hydroxyl groups excluding tert-OH is 2. The zero-order valence-electron chi connectivity index (χ0n) is 14.1. The molecule has 0 fully saturated rings. The third kappa shape index (κ3) is 45.5. The van der Waals surface area contributed by atoms with Crippen molar-refractivity contribution in [1.82, 2.24) is 0 Å². The number of rotatable bonds is 3. The third-order valence-corrected chi connectivity index (χ3v) is 0.782. The molecule has 0 aromatic rings. The molecule has 2 atom stereocenters. The number of carboxylic acids is 2. The van der Waals surface area contributed by atoms with Crippen LogP contribution in [0.5, 0.6) is 0 Å². The minimum atomic E-state index is -2.44. The molecule has 0 saturated carbocycles. The molecule has 0 aromatic carbocycles. The fourth-order valence-corrected chi connectivity index (χ4v) is 0.258. The molecule has 0 amide bonds. The van der Waals surface area contributed by atoms with Crippen LogP contribution in [0.25, 0.3) is 0 Å². The van der Waals surface area contributed by atoms with Gasteiger partial charge in [0.15, 0.2) is 0 Å². The molecule has 21 heavy (non-hydrogen) atoms. The summed E-state index contributed by atoms with van der Waals surface area (Å²) in [5.41, 5.74) is 0. The topological polar surface area (TPSA) is 152 Å². The molecule has 9 nitrogen and oxygen atoms in total. The first kappa shape index (κ1) is 28.0. The van der Waals surface area contributed by atoms with E-state index in [2.05, 4.69) is 56.4 Å². The van der Waals surface area contributed by atoms with E-state index in [1.165, 1.54) is 0 Å². The number of quaternary nitrogens is 2. The highest BCUT2D eigenvalue weighted by molar-refractivity contribution is 5.80. The van der Waals surface area contributed by atoms with Crippen LogP contribution in [-0.4, -0.2) is 105 Å². The van der Waals surface area contributed by atoms with E-state index in [1.54, 1.807) is 0 Å². The van der Waals surface area contributed by atoms with Crippen molar-refractivity contribution in [3.63, 3.8) is 0 Å². The summed E-state index contributed by atoms with van der Waals surface area (Å²) in [6.07, 6.45) is -4.88. The molecule has 0 aliphatic rings. The summed E-state index contributed by atoms with van der Waals surface area (Å²) in [4.78, 5) is 19.3. The summed E-state index contributed by atoms with van der Waals surface area (Å²) in [7, 11) is 17.0. The maximum atomic E-state index is 9.63. The van der Waals surface area contributed by atoms with Crippen LogP contribution in [-0.2, 0) is 9.59 Å². The average molecular weight is 314 g/mol. The van der Waals surface area contributed by atoms with E-state index in [0.29, 0.717) is 0 Å². The van der Waals surface area contributed by atoms with Crippen LogP contribution < -0.4 is 10.2 Å². The Balaban J connectivity index is -0.000000112. The molecule has 4 N–H and O–H groups in total. The molecule has 0 rings (SSSR count). The van der Waals surface area contributed by atoms with E-state index in [4.69, 9.17) is 10.2 Å². The van der Waals surface area contributed by atoms with Gasteiger partial charge in [-0.3, -0.25) is 0 Å². The van der Waals surface area contributed by atoms with Crippen molar-refractivity contribution in [3.05, 3.63) is 0 Å². The molecule has 0 aliphatic heterocycles.